The lowest BCUT2D eigenvalue weighted by Crippen LogP contribution is -2.54. The summed E-state index contributed by atoms with van der Waals surface area (Å²) in [5, 5.41) is 0. The van der Waals surface area contributed by atoms with Gasteiger partial charge in [-0.25, -0.2) is 0 Å². The van der Waals surface area contributed by atoms with Crippen molar-refractivity contribution >= 4 is 30.7 Å². The van der Waals surface area contributed by atoms with Crippen LogP contribution in [0.5, 0.6) is 0 Å². The lowest BCUT2D eigenvalue weighted by molar-refractivity contribution is -0.143. The summed E-state index contributed by atoms with van der Waals surface area (Å²) in [6.07, 6.45) is -0.481. The fraction of sp³-hybridized carbons (Fsp3) is 0.909. The van der Waals surface area contributed by atoms with Gasteiger partial charge in [0.1, 0.15) is 6.10 Å². The first-order chi connectivity index (χ1) is 7.60. The molecule has 1 atom stereocenters. The zero-order valence-corrected chi connectivity index (χ0v) is 12.9. The number of carbonyl (C=O) groups excluding carboxylic acids is 1. The number of rotatable bonds is 4. The zero-order valence-electron chi connectivity index (χ0n) is 11.3. The Morgan fingerprint density at radius 2 is 1.72 bits per heavy atom. The third-order valence-electron chi connectivity index (χ3n) is 3.13. The van der Waals surface area contributed by atoms with Crippen molar-refractivity contribution in [3.63, 3.8) is 0 Å². The normalized spacial score (nSPS) is 17.9. The van der Waals surface area contributed by atoms with Gasteiger partial charge in [-0.3, -0.25) is 9.69 Å². The van der Waals surface area contributed by atoms with Crippen LogP contribution in [0.1, 0.15) is 13.8 Å². The van der Waals surface area contributed by atoms with Crippen LogP contribution in [-0.4, -0.2) is 67.7 Å². The van der Waals surface area contributed by atoms with Crippen molar-refractivity contribution in [2.75, 3.05) is 39.8 Å². The van der Waals surface area contributed by atoms with E-state index in [1.165, 1.54) is 7.11 Å². The van der Waals surface area contributed by atoms with Crippen molar-refractivity contribution in [2.45, 2.75) is 26.0 Å². The Bertz CT molecular complexity index is 230. The first kappa shape index (κ1) is 20.3. The van der Waals surface area contributed by atoms with Gasteiger partial charge >= 0.3 is 0 Å². The van der Waals surface area contributed by atoms with Gasteiger partial charge < -0.3 is 15.4 Å². The van der Waals surface area contributed by atoms with Crippen molar-refractivity contribution in [2.24, 2.45) is 5.73 Å². The van der Waals surface area contributed by atoms with Gasteiger partial charge in [0.25, 0.3) is 5.91 Å². The largest absolute Gasteiger partial charge is 0.370 e. The summed E-state index contributed by atoms with van der Waals surface area (Å²) < 4.78 is 5.06. The second-order valence-corrected chi connectivity index (χ2v) is 4.42. The Labute approximate surface area is 122 Å². The molecule has 1 fully saturated rings. The SMILES string of the molecule is COC(CN)C(=O)N1CCN(C(C)C)CC1.Cl.Cl. The lowest BCUT2D eigenvalue weighted by atomic mass is 10.2. The number of nitrogens with zero attached hydrogens (tertiary/aromatic N) is 2. The van der Waals surface area contributed by atoms with E-state index in [2.05, 4.69) is 18.7 Å². The van der Waals surface area contributed by atoms with Gasteiger partial charge in [-0.05, 0) is 13.8 Å². The summed E-state index contributed by atoms with van der Waals surface area (Å²) in [4.78, 5) is 16.2. The molecule has 110 valence electrons. The number of methoxy groups -OCH3 is 1. The van der Waals surface area contributed by atoms with Crippen molar-refractivity contribution in [3.8, 4) is 0 Å². The van der Waals surface area contributed by atoms with E-state index in [1.807, 2.05) is 4.90 Å². The third kappa shape index (κ3) is 5.28. The van der Waals surface area contributed by atoms with Crippen LogP contribution in [0.4, 0.5) is 0 Å². The van der Waals surface area contributed by atoms with Crippen molar-refractivity contribution in [3.05, 3.63) is 0 Å². The number of nitrogens with two attached hydrogens (primary N) is 1. The third-order valence-corrected chi connectivity index (χ3v) is 3.13. The molecule has 1 amide bonds. The Morgan fingerprint density at radius 3 is 2.06 bits per heavy atom. The highest BCUT2D eigenvalue weighted by molar-refractivity contribution is 5.85. The minimum Gasteiger partial charge on any atom is -0.370 e. The highest BCUT2D eigenvalue weighted by Crippen LogP contribution is 2.07. The second-order valence-electron chi connectivity index (χ2n) is 4.42. The smallest absolute Gasteiger partial charge is 0.253 e. The van der Waals surface area contributed by atoms with Gasteiger partial charge in [0.15, 0.2) is 0 Å². The molecule has 0 bridgehead atoms. The predicted octanol–water partition coefficient (Wildman–Crippen LogP) is 0.356. The van der Waals surface area contributed by atoms with Gasteiger partial charge in [0.2, 0.25) is 0 Å². The molecule has 1 rings (SSSR count). The van der Waals surface area contributed by atoms with Gasteiger partial charge in [-0.1, -0.05) is 0 Å². The molecule has 0 aromatic heterocycles. The number of halogens is 2. The number of carbonyl (C=O) groups is 1. The average molecular weight is 302 g/mol. The molecule has 5 nitrogen and oxygen atoms in total. The predicted molar refractivity (Wildman–Crippen MR) is 77.6 cm³/mol. The van der Waals surface area contributed by atoms with Gasteiger partial charge in [0, 0.05) is 45.9 Å². The highest BCUT2D eigenvalue weighted by atomic mass is 35.5. The molecule has 1 aliphatic heterocycles. The van der Waals surface area contributed by atoms with Crippen LogP contribution >= 0.6 is 24.8 Å². The Balaban J connectivity index is 0. The van der Waals surface area contributed by atoms with Gasteiger partial charge in [-0.15, -0.1) is 24.8 Å². The fourth-order valence-corrected chi connectivity index (χ4v) is 1.96. The zero-order chi connectivity index (χ0) is 12.1. The lowest BCUT2D eigenvalue weighted by Gasteiger charge is -2.37. The Hall–Kier alpha value is -0.0700. The summed E-state index contributed by atoms with van der Waals surface area (Å²) in [6, 6.07) is 0.546. The summed E-state index contributed by atoms with van der Waals surface area (Å²) >= 11 is 0. The highest BCUT2D eigenvalue weighted by Gasteiger charge is 2.26. The van der Waals surface area contributed by atoms with Crippen LogP contribution in [0.25, 0.3) is 0 Å². The molecule has 0 aromatic carbocycles. The van der Waals surface area contributed by atoms with Crippen LogP contribution in [-0.2, 0) is 9.53 Å². The van der Waals surface area contributed by atoms with E-state index >= 15 is 0 Å². The van der Waals surface area contributed by atoms with Crippen molar-refractivity contribution in [1.29, 1.82) is 0 Å². The molecule has 0 spiro atoms. The minimum absolute atomic E-state index is 0. The van der Waals surface area contributed by atoms with E-state index in [-0.39, 0.29) is 37.3 Å². The van der Waals surface area contributed by atoms with Crippen LogP contribution < -0.4 is 5.73 Å². The molecule has 1 saturated heterocycles. The first-order valence-electron chi connectivity index (χ1n) is 5.85. The van der Waals surface area contributed by atoms with E-state index in [9.17, 15) is 4.79 Å². The summed E-state index contributed by atoms with van der Waals surface area (Å²) in [7, 11) is 1.53. The Morgan fingerprint density at radius 1 is 1.22 bits per heavy atom. The number of hydrogen-bond acceptors (Lipinski definition) is 4. The number of piperazine rings is 1. The monoisotopic (exact) mass is 301 g/mol. The van der Waals surface area contributed by atoms with Crippen molar-refractivity contribution in [1.82, 2.24) is 9.80 Å². The molecule has 2 N–H and O–H groups in total. The summed E-state index contributed by atoms with van der Waals surface area (Å²) in [6.45, 7) is 8.02. The van der Waals surface area contributed by atoms with E-state index in [0.717, 1.165) is 26.2 Å². The van der Waals surface area contributed by atoms with Gasteiger partial charge in [-0.2, -0.15) is 0 Å². The number of hydrogen-bond donors (Lipinski definition) is 1. The van der Waals surface area contributed by atoms with Crippen LogP contribution in [0, 0.1) is 0 Å². The number of amides is 1. The topological polar surface area (TPSA) is 58.8 Å². The van der Waals surface area contributed by atoms with Crippen LogP contribution in [0.2, 0.25) is 0 Å². The number of ether oxygens (including phenoxy) is 1. The molecule has 1 unspecified atom stereocenters. The molecule has 0 aromatic rings. The van der Waals surface area contributed by atoms with E-state index in [1.54, 1.807) is 0 Å². The van der Waals surface area contributed by atoms with Crippen LogP contribution in [0.15, 0.2) is 0 Å². The standard InChI is InChI=1S/C11H23N3O2.2ClH/c1-9(2)13-4-6-14(7-5-13)11(15)10(8-12)16-3;;/h9-10H,4-8,12H2,1-3H3;2*1H. The fourth-order valence-electron chi connectivity index (χ4n) is 1.96. The molecule has 1 heterocycles. The van der Waals surface area contributed by atoms with Crippen LogP contribution in [0.3, 0.4) is 0 Å². The molecule has 0 saturated carbocycles. The average Bonchev–Trinajstić information content (AvgIpc) is 2.30. The van der Waals surface area contributed by atoms with E-state index < -0.39 is 6.10 Å². The molecule has 18 heavy (non-hydrogen) atoms. The first-order valence-corrected chi connectivity index (χ1v) is 5.85. The molecular formula is C11H25Cl2N3O2. The summed E-state index contributed by atoms with van der Waals surface area (Å²) in [5.74, 6) is 0.0217. The molecule has 1 aliphatic rings. The maximum absolute atomic E-state index is 11.9. The maximum atomic E-state index is 11.9. The van der Waals surface area contributed by atoms with Crippen molar-refractivity contribution < 1.29 is 9.53 Å². The maximum Gasteiger partial charge on any atom is 0.253 e. The molecular weight excluding hydrogens is 277 g/mol. The Kier molecular flexibility index (Phi) is 11.0. The second kappa shape index (κ2) is 9.81. The van der Waals surface area contributed by atoms with E-state index in [0.29, 0.717) is 6.04 Å². The summed E-state index contributed by atoms with van der Waals surface area (Å²) in [5.41, 5.74) is 5.48. The van der Waals surface area contributed by atoms with E-state index in [4.69, 9.17) is 10.5 Å². The quantitative estimate of drug-likeness (QED) is 0.814. The molecule has 0 aliphatic carbocycles. The molecule has 0 radical (unpaired) electrons. The molecule has 7 heteroatoms. The minimum atomic E-state index is -0.481. The van der Waals surface area contributed by atoms with Gasteiger partial charge in [0.05, 0.1) is 0 Å².